The molecule has 2 aromatic carbocycles. The van der Waals surface area contributed by atoms with Crippen LogP contribution >= 0.6 is 0 Å². The minimum atomic E-state index is -3.94. The highest BCUT2D eigenvalue weighted by Gasteiger charge is 2.18. The van der Waals surface area contributed by atoms with E-state index in [1.165, 1.54) is 18.2 Å². The van der Waals surface area contributed by atoms with Crippen LogP contribution in [0.5, 0.6) is 0 Å². The molecule has 0 spiro atoms. The van der Waals surface area contributed by atoms with Crippen LogP contribution in [-0.2, 0) is 10.0 Å². The van der Waals surface area contributed by atoms with E-state index in [0.29, 0.717) is 11.4 Å². The number of aryl methyl sites for hydroxylation is 2. The third-order valence-electron chi connectivity index (χ3n) is 3.80. The fourth-order valence-electron chi connectivity index (χ4n) is 2.58. The van der Waals surface area contributed by atoms with Gasteiger partial charge in [-0.3, -0.25) is 14.8 Å². The molecular formula is C17H15N3O5S. The number of rotatable bonds is 5. The fourth-order valence-corrected chi connectivity index (χ4v) is 3.68. The zero-order valence-electron chi connectivity index (χ0n) is 14.0. The van der Waals surface area contributed by atoms with E-state index >= 15 is 0 Å². The molecule has 0 amide bonds. The number of hydrogen-bond acceptors (Lipinski definition) is 6. The molecule has 0 atom stereocenters. The zero-order chi connectivity index (χ0) is 18.9. The average Bonchev–Trinajstić information content (AvgIpc) is 2.94. The Labute approximate surface area is 149 Å². The first-order chi connectivity index (χ1) is 12.3. The molecule has 0 unspecified atom stereocenters. The Morgan fingerprint density at radius 1 is 1.12 bits per heavy atom. The van der Waals surface area contributed by atoms with Crippen LogP contribution in [0.2, 0.25) is 0 Å². The summed E-state index contributed by atoms with van der Waals surface area (Å²) in [6.07, 6.45) is 0. The van der Waals surface area contributed by atoms with Crippen molar-refractivity contribution < 1.29 is 17.9 Å². The molecule has 0 radical (unpaired) electrons. The Hall–Kier alpha value is -3.20. The first-order valence-corrected chi connectivity index (χ1v) is 9.07. The van der Waals surface area contributed by atoms with Gasteiger partial charge >= 0.3 is 0 Å². The van der Waals surface area contributed by atoms with Crippen molar-refractivity contribution in [3.63, 3.8) is 0 Å². The van der Waals surface area contributed by atoms with Crippen LogP contribution in [0, 0.1) is 24.0 Å². The van der Waals surface area contributed by atoms with Gasteiger partial charge in [-0.2, -0.15) is 0 Å². The predicted molar refractivity (Wildman–Crippen MR) is 95.3 cm³/mol. The molecule has 3 aromatic rings. The number of sulfonamides is 1. The number of anilines is 1. The van der Waals surface area contributed by atoms with Gasteiger partial charge in [0.1, 0.15) is 5.76 Å². The Morgan fingerprint density at radius 3 is 2.38 bits per heavy atom. The lowest BCUT2D eigenvalue weighted by Crippen LogP contribution is -2.13. The monoisotopic (exact) mass is 373 g/mol. The predicted octanol–water partition coefficient (Wildman–Crippen LogP) is 3.67. The van der Waals surface area contributed by atoms with E-state index in [0.717, 1.165) is 22.9 Å². The normalized spacial score (nSPS) is 11.3. The summed E-state index contributed by atoms with van der Waals surface area (Å²) in [7, 11) is -3.94. The minimum absolute atomic E-state index is 0.179. The molecule has 1 heterocycles. The van der Waals surface area contributed by atoms with E-state index in [1.54, 1.807) is 31.2 Å². The van der Waals surface area contributed by atoms with Gasteiger partial charge in [-0.15, -0.1) is 0 Å². The largest absolute Gasteiger partial charge is 0.361 e. The lowest BCUT2D eigenvalue weighted by Gasteiger charge is -2.09. The summed E-state index contributed by atoms with van der Waals surface area (Å²) in [4.78, 5) is 10.0. The summed E-state index contributed by atoms with van der Waals surface area (Å²) in [5, 5.41) is 14.7. The zero-order valence-corrected chi connectivity index (χ0v) is 14.8. The maximum atomic E-state index is 12.4. The van der Waals surface area contributed by atoms with Gasteiger partial charge in [0.05, 0.1) is 15.5 Å². The van der Waals surface area contributed by atoms with Crippen LogP contribution in [0.1, 0.15) is 11.5 Å². The number of non-ortho nitro benzene ring substituents is 1. The maximum absolute atomic E-state index is 12.4. The molecule has 0 aliphatic rings. The summed E-state index contributed by atoms with van der Waals surface area (Å²) in [5.41, 5.74) is 2.50. The number of hydrogen-bond donors (Lipinski definition) is 1. The summed E-state index contributed by atoms with van der Waals surface area (Å²) < 4.78 is 32.4. The van der Waals surface area contributed by atoms with Crippen LogP contribution in [0.15, 0.2) is 57.9 Å². The van der Waals surface area contributed by atoms with Crippen molar-refractivity contribution in [2.75, 3.05) is 4.72 Å². The molecule has 134 valence electrons. The van der Waals surface area contributed by atoms with Gasteiger partial charge in [0.2, 0.25) is 0 Å². The Kier molecular flexibility index (Phi) is 4.47. The lowest BCUT2D eigenvalue weighted by molar-refractivity contribution is -0.385. The maximum Gasteiger partial charge on any atom is 0.270 e. The summed E-state index contributed by atoms with van der Waals surface area (Å²) in [5.74, 6) is 0.674. The van der Waals surface area contributed by atoms with Crippen LogP contribution < -0.4 is 4.72 Å². The number of nitro groups is 1. The van der Waals surface area contributed by atoms with E-state index in [9.17, 15) is 18.5 Å². The van der Waals surface area contributed by atoms with Crippen molar-refractivity contribution in [2.45, 2.75) is 18.7 Å². The quantitative estimate of drug-likeness (QED) is 0.539. The van der Waals surface area contributed by atoms with Crippen LogP contribution in [-0.4, -0.2) is 18.5 Å². The van der Waals surface area contributed by atoms with Crippen LogP contribution in [0.4, 0.5) is 11.4 Å². The SMILES string of the molecule is Cc1noc(C)c1-c1ccc(NS(=O)(=O)c2cccc([N+](=O)[O-])c2)cc1. The standard InChI is InChI=1S/C17H15N3O5S/c1-11-17(12(2)25-18-11)13-6-8-14(9-7-13)19-26(23,24)16-5-3-4-15(10-16)20(21)22/h3-10,19H,1-2H3. The Balaban J connectivity index is 1.87. The van der Waals surface area contributed by atoms with Gasteiger partial charge in [0.25, 0.3) is 15.7 Å². The molecule has 3 rings (SSSR count). The van der Waals surface area contributed by atoms with E-state index in [2.05, 4.69) is 9.88 Å². The van der Waals surface area contributed by atoms with Crippen molar-refractivity contribution in [3.8, 4) is 11.1 Å². The molecule has 0 bridgehead atoms. The average molecular weight is 373 g/mol. The third kappa shape index (κ3) is 3.42. The summed E-state index contributed by atoms with van der Waals surface area (Å²) in [6.45, 7) is 3.62. The van der Waals surface area contributed by atoms with E-state index in [-0.39, 0.29) is 10.6 Å². The molecule has 0 aliphatic carbocycles. The van der Waals surface area contributed by atoms with Crippen molar-refractivity contribution in [1.29, 1.82) is 0 Å². The summed E-state index contributed by atoms with van der Waals surface area (Å²) >= 11 is 0. The van der Waals surface area contributed by atoms with Crippen molar-refractivity contribution in [2.24, 2.45) is 0 Å². The number of benzene rings is 2. The highest BCUT2D eigenvalue weighted by Crippen LogP contribution is 2.28. The Morgan fingerprint density at radius 2 is 1.81 bits per heavy atom. The van der Waals surface area contributed by atoms with E-state index < -0.39 is 14.9 Å². The fraction of sp³-hybridized carbons (Fsp3) is 0.118. The lowest BCUT2D eigenvalue weighted by atomic mass is 10.0. The molecule has 26 heavy (non-hydrogen) atoms. The third-order valence-corrected chi connectivity index (χ3v) is 5.18. The minimum Gasteiger partial charge on any atom is -0.361 e. The Bertz CT molecular complexity index is 1050. The molecule has 1 aromatic heterocycles. The van der Waals surface area contributed by atoms with Gasteiger partial charge < -0.3 is 4.52 Å². The highest BCUT2D eigenvalue weighted by molar-refractivity contribution is 7.92. The second-order valence-corrected chi connectivity index (χ2v) is 7.32. The molecular weight excluding hydrogens is 358 g/mol. The number of aromatic nitrogens is 1. The van der Waals surface area contributed by atoms with Gasteiger partial charge in [-0.25, -0.2) is 8.42 Å². The van der Waals surface area contributed by atoms with Crippen molar-refractivity contribution in [1.82, 2.24) is 5.16 Å². The van der Waals surface area contributed by atoms with Crippen LogP contribution in [0.3, 0.4) is 0 Å². The smallest absolute Gasteiger partial charge is 0.270 e. The van der Waals surface area contributed by atoms with Gasteiger partial charge in [-0.05, 0) is 37.6 Å². The first-order valence-electron chi connectivity index (χ1n) is 7.58. The second-order valence-electron chi connectivity index (χ2n) is 5.64. The van der Waals surface area contributed by atoms with E-state index in [1.807, 2.05) is 6.92 Å². The van der Waals surface area contributed by atoms with Crippen molar-refractivity contribution >= 4 is 21.4 Å². The van der Waals surface area contributed by atoms with E-state index in [4.69, 9.17) is 4.52 Å². The van der Waals surface area contributed by atoms with Gasteiger partial charge in [-0.1, -0.05) is 23.4 Å². The molecule has 9 heteroatoms. The first kappa shape index (κ1) is 17.6. The molecule has 0 fully saturated rings. The summed E-state index contributed by atoms with van der Waals surface area (Å²) in [6, 6.07) is 11.6. The molecule has 8 nitrogen and oxygen atoms in total. The highest BCUT2D eigenvalue weighted by atomic mass is 32.2. The van der Waals surface area contributed by atoms with Crippen molar-refractivity contribution in [3.05, 3.63) is 70.1 Å². The topological polar surface area (TPSA) is 115 Å². The molecule has 0 saturated carbocycles. The van der Waals surface area contributed by atoms with Crippen LogP contribution in [0.25, 0.3) is 11.1 Å². The molecule has 1 N–H and O–H groups in total. The van der Waals surface area contributed by atoms with Gasteiger partial charge in [0, 0.05) is 23.4 Å². The van der Waals surface area contributed by atoms with Gasteiger partial charge in [0.15, 0.2) is 0 Å². The number of nitrogens with one attached hydrogen (secondary N) is 1. The molecule has 0 aliphatic heterocycles. The molecule has 0 saturated heterocycles. The second kappa shape index (κ2) is 6.60. The number of nitro benzene ring substituents is 1. The number of nitrogens with zero attached hydrogens (tertiary/aromatic N) is 2.